The number of hydrogen-bond donors (Lipinski definition) is 0. The third kappa shape index (κ3) is 2.46. The van der Waals surface area contributed by atoms with Gasteiger partial charge in [0.2, 0.25) is 0 Å². The van der Waals surface area contributed by atoms with E-state index in [-0.39, 0.29) is 11.9 Å². The van der Waals surface area contributed by atoms with Crippen molar-refractivity contribution < 1.29 is 9.63 Å². The van der Waals surface area contributed by atoms with E-state index in [9.17, 15) is 4.79 Å². The molecule has 1 unspecified atom stereocenters. The predicted molar refractivity (Wildman–Crippen MR) is 76.8 cm³/mol. The van der Waals surface area contributed by atoms with Crippen LogP contribution in [0.4, 0.5) is 0 Å². The molecule has 1 aromatic carbocycles. The third-order valence-corrected chi connectivity index (χ3v) is 4.89. The fourth-order valence-corrected chi connectivity index (χ4v) is 3.05. The lowest BCUT2D eigenvalue weighted by molar-refractivity contribution is -0.146. The molecule has 2 fully saturated rings. The molecule has 1 aromatic rings. The van der Waals surface area contributed by atoms with Crippen LogP contribution in [0.2, 0.25) is 0 Å². The van der Waals surface area contributed by atoms with Gasteiger partial charge in [-0.15, -0.1) is 0 Å². The van der Waals surface area contributed by atoms with Crippen molar-refractivity contribution in [2.75, 3.05) is 0 Å². The average Bonchev–Trinajstić information content (AvgIpc) is 3.12. The summed E-state index contributed by atoms with van der Waals surface area (Å²) in [7, 11) is 0. The number of carbonyl (C=O) groups is 1. The van der Waals surface area contributed by atoms with Gasteiger partial charge in [0.05, 0.1) is 11.6 Å². The minimum absolute atomic E-state index is 0.0997. The summed E-state index contributed by atoms with van der Waals surface area (Å²) < 4.78 is 1.02. The summed E-state index contributed by atoms with van der Waals surface area (Å²) >= 11 is 3.39. The lowest BCUT2D eigenvalue weighted by Gasteiger charge is -2.25. The molecule has 2 saturated carbocycles. The Morgan fingerprint density at radius 2 is 2.05 bits per heavy atom. The predicted octanol–water partition coefficient (Wildman–Crippen LogP) is 3.91. The smallest absolute Gasteiger partial charge is 0.318 e. The van der Waals surface area contributed by atoms with E-state index in [1.165, 1.54) is 19.3 Å². The maximum absolute atomic E-state index is 11.9. The van der Waals surface area contributed by atoms with Crippen LogP contribution in [0.5, 0.6) is 0 Å². The molecule has 0 bridgehead atoms. The van der Waals surface area contributed by atoms with E-state index in [0.717, 1.165) is 22.2 Å². The van der Waals surface area contributed by atoms with Crippen LogP contribution >= 0.6 is 15.9 Å². The molecule has 3 rings (SSSR count). The summed E-state index contributed by atoms with van der Waals surface area (Å²) in [5.41, 5.74) is 1.99. The van der Waals surface area contributed by atoms with Crippen molar-refractivity contribution in [1.82, 2.24) is 0 Å². The maximum atomic E-state index is 11.9. The van der Waals surface area contributed by atoms with Crippen molar-refractivity contribution >= 4 is 27.6 Å². The molecular formula is C15H16BrNO2. The van der Waals surface area contributed by atoms with Crippen molar-refractivity contribution in [3.63, 3.8) is 0 Å². The molecular weight excluding hydrogens is 306 g/mol. The minimum atomic E-state index is -0.156. The lowest BCUT2D eigenvalue weighted by atomic mass is 9.80. The zero-order valence-corrected chi connectivity index (χ0v) is 12.4. The van der Waals surface area contributed by atoms with E-state index in [2.05, 4.69) is 21.1 Å². The molecule has 1 atom stereocenters. The monoisotopic (exact) mass is 321 g/mol. The number of halogens is 1. The molecule has 2 aliphatic carbocycles. The molecule has 19 heavy (non-hydrogen) atoms. The number of rotatable bonds is 3. The van der Waals surface area contributed by atoms with E-state index in [1.807, 2.05) is 31.2 Å². The van der Waals surface area contributed by atoms with Crippen LogP contribution in [0, 0.1) is 11.3 Å². The highest BCUT2D eigenvalue weighted by Crippen LogP contribution is 2.65. The Hall–Kier alpha value is -1.16. The summed E-state index contributed by atoms with van der Waals surface area (Å²) in [5, 5.41) is 3.96. The molecule has 3 nitrogen and oxygen atoms in total. The fourth-order valence-electron chi connectivity index (χ4n) is 2.79. The van der Waals surface area contributed by atoms with Gasteiger partial charge < -0.3 is 4.84 Å². The van der Waals surface area contributed by atoms with E-state index in [1.54, 1.807) is 0 Å². The Morgan fingerprint density at radius 3 is 2.58 bits per heavy atom. The standard InChI is InChI=1S/C15H16BrNO2/c1-10(11-3-5-12(16)6-4-11)17-19-14(18)13-9-15(13)7-2-8-15/h3-6,13H,2,7-9H2,1H3/b17-10-. The molecule has 0 N–H and O–H groups in total. The van der Waals surface area contributed by atoms with Gasteiger partial charge in [-0.1, -0.05) is 39.6 Å². The Bertz CT molecular complexity index is 532. The van der Waals surface area contributed by atoms with Crippen LogP contribution in [-0.2, 0) is 9.63 Å². The molecule has 0 aromatic heterocycles. The van der Waals surface area contributed by atoms with Crippen molar-refractivity contribution in [3.05, 3.63) is 34.3 Å². The quantitative estimate of drug-likeness (QED) is 0.481. The van der Waals surface area contributed by atoms with Gasteiger partial charge in [0.25, 0.3) is 0 Å². The molecule has 0 radical (unpaired) electrons. The van der Waals surface area contributed by atoms with Gasteiger partial charge in [-0.25, -0.2) is 4.79 Å². The Balaban J connectivity index is 1.60. The van der Waals surface area contributed by atoms with E-state index >= 15 is 0 Å². The molecule has 1 spiro atoms. The summed E-state index contributed by atoms with van der Waals surface area (Å²) in [6, 6.07) is 7.78. The first kappa shape index (κ1) is 12.9. The fraction of sp³-hybridized carbons (Fsp3) is 0.467. The first-order valence-corrected chi connectivity index (χ1v) is 7.41. The van der Waals surface area contributed by atoms with Crippen molar-refractivity contribution in [3.8, 4) is 0 Å². The van der Waals surface area contributed by atoms with Crippen LogP contribution in [0.1, 0.15) is 38.2 Å². The van der Waals surface area contributed by atoms with Crippen LogP contribution in [-0.4, -0.2) is 11.7 Å². The van der Waals surface area contributed by atoms with Gasteiger partial charge in [0.15, 0.2) is 0 Å². The molecule has 100 valence electrons. The molecule has 0 saturated heterocycles. The van der Waals surface area contributed by atoms with E-state index in [4.69, 9.17) is 4.84 Å². The number of benzene rings is 1. The molecule has 4 heteroatoms. The van der Waals surface area contributed by atoms with E-state index < -0.39 is 0 Å². The summed E-state index contributed by atoms with van der Waals surface area (Å²) in [6.45, 7) is 1.85. The number of nitrogens with zero attached hydrogens (tertiary/aromatic N) is 1. The topological polar surface area (TPSA) is 38.7 Å². The maximum Gasteiger partial charge on any atom is 0.338 e. The van der Waals surface area contributed by atoms with Crippen LogP contribution < -0.4 is 0 Å². The highest BCUT2D eigenvalue weighted by molar-refractivity contribution is 9.10. The SMILES string of the molecule is C/C(=N/OC(=O)C1CC12CCC2)c1ccc(Br)cc1. The Morgan fingerprint density at radius 1 is 1.37 bits per heavy atom. The summed E-state index contributed by atoms with van der Waals surface area (Å²) in [5.74, 6) is -0.0566. The number of hydrogen-bond acceptors (Lipinski definition) is 3. The van der Waals surface area contributed by atoms with E-state index in [0.29, 0.717) is 5.41 Å². The lowest BCUT2D eigenvalue weighted by Crippen LogP contribution is -2.19. The highest BCUT2D eigenvalue weighted by atomic mass is 79.9. The Labute approximate surface area is 121 Å². The normalized spacial score (nSPS) is 23.9. The first-order valence-electron chi connectivity index (χ1n) is 6.62. The second kappa shape index (κ2) is 4.75. The molecule has 2 aliphatic rings. The van der Waals surface area contributed by atoms with Crippen LogP contribution in [0.3, 0.4) is 0 Å². The van der Waals surface area contributed by atoms with Crippen molar-refractivity contribution in [2.24, 2.45) is 16.5 Å². The Kier molecular flexibility index (Phi) is 3.21. The van der Waals surface area contributed by atoms with Crippen LogP contribution in [0.15, 0.2) is 33.9 Å². The number of oxime groups is 1. The second-order valence-electron chi connectivity index (χ2n) is 5.57. The molecule has 0 aliphatic heterocycles. The highest BCUT2D eigenvalue weighted by Gasteiger charge is 2.62. The zero-order chi connectivity index (χ0) is 13.5. The van der Waals surface area contributed by atoms with Crippen molar-refractivity contribution in [1.29, 1.82) is 0 Å². The van der Waals surface area contributed by atoms with Gasteiger partial charge in [0, 0.05) is 4.47 Å². The zero-order valence-electron chi connectivity index (χ0n) is 10.9. The third-order valence-electron chi connectivity index (χ3n) is 4.36. The van der Waals surface area contributed by atoms with Crippen molar-refractivity contribution in [2.45, 2.75) is 32.6 Å². The van der Waals surface area contributed by atoms with Crippen LogP contribution in [0.25, 0.3) is 0 Å². The second-order valence-corrected chi connectivity index (χ2v) is 6.48. The average molecular weight is 322 g/mol. The molecule has 0 heterocycles. The van der Waals surface area contributed by atoms with Gasteiger partial charge in [-0.2, -0.15) is 0 Å². The first-order chi connectivity index (χ1) is 9.11. The van der Waals surface area contributed by atoms with Gasteiger partial charge >= 0.3 is 5.97 Å². The molecule has 0 amide bonds. The van der Waals surface area contributed by atoms with Gasteiger partial charge in [0.1, 0.15) is 0 Å². The van der Waals surface area contributed by atoms with Gasteiger partial charge in [-0.3, -0.25) is 0 Å². The summed E-state index contributed by atoms with van der Waals surface area (Å²) in [6.07, 6.45) is 4.62. The number of carbonyl (C=O) groups excluding carboxylic acids is 1. The minimum Gasteiger partial charge on any atom is -0.318 e. The largest absolute Gasteiger partial charge is 0.338 e. The van der Waals surface area contributed by atoms with Gasteiger partial charge in [-0.05, 0) is 49.3 Å². The summed E-state index contributed by atoms with van der Waals surface area (Å²) in [4.78, 5) is 16.9.